The molecule has 1 fully saturated rings. The molecule has 2 aromatic carbocycles. The molecule has 1 spiro atoms. The highest BCUT2D eigenvalue weighted by atomic mass is 32.2. The summed E-state index contributed by atoms with van der Waals surface area (Å²) in [5, 5.41) is 11.9. The summed E-state index contributed by atoms with van der Waals surface area (Å²) in [5.41, 5.74) is 3.15. The Hall–Kier alpha value is -3.03. The van der Waals surface area contributed by atoms with E-state index >= 15 is 0 Å². The number of nitrogens with zero attached hydrogens (tertiary/aromatic N) is 2. The largest absolute Gasteiger partial charge is 0.444 e. The van der Waals surface area contributed by atoms with Crippen molar-refractivity contribution in [3.63, 3.8) is 0 Å². The predicted molar refractivity (Wildman–Crippen MR) is 120 cm³/mol. The van der Waals surface area contributed by atoms with Crippen LogP contribution in [0.15, 0.2) is 82.1 Å². The normalized spacial score (nSPS) is 25.7. The summed E-state index contributed by atoms with van der Waals surface area (Å²) in [5.74, 6) is -0.357. The van der Waals surface area contributed by atoms with Gasteiger partial charge < -0.3 is 4.74 Å². The van der Waals surface area contributed by atoms with Crippen LogP contribution in [0, 0.1) is 0 Å². The quantitative estimate of drug-likeness (QED) is 0.587. The molecule has 3 aliphatic rings. The molecule has 5 nitrogen and oxygen atoms in total. The van der Waals surface area contributed by atoms with Crippen molar-refractivity contribution >= 4 is 40.1 Å². The first-order chi connectivity index (χ1) is 14.7. The van der Waals surface area contributed by atoms with Crippen molar-refractivity contribution in [2.75, 3.05) is 0 Å². The first kappa shape index (κ1) is 17.8. The molecule has 4 heterocycles. The van der Waals surface area contributed by atoms with E-state index in [2.05, 4.69) is 23.5 Å². The summed E-state index contributed by atoms with van der Waals surface area (Å²) in [6.07, 6.45) is 2.77. The smallest absolute Gasteiger partial charge is 0.314 e. The summed E-state index contributed by atoms with van der Waals surface area (Å²) < 4.78 is 6.51. The van der Waals surface area contributed by atoms with E-state index in [1.54, 1.807) is 11.3 Å². The van der Waals surface area contributed by atoms with Crippen molar-refractivity contribution < 1.29 is 9.53 Å². The highest BCUT2D eigenvalue weighted by Gasteiger charge is 2.58. The average molecular weight is 432 g/mol. The van der Waals surface area contributed by atoms with Crippen LogP contribution in [0.25, 0.3) is 6.08 Å². The summed E-state index contributed by atoms with van der Waals surface area (Å²) in [7, 11) is 0. The Bertz CT molecular complexity index is 1190. The number of carbonyl (C=O) groups excluding carboxylic acids is 1. The summed E-state index contributed by atoms with van der Waals surface area (Å²) in [6, 6.07) is 22.2. The van der Waals surface area contributed by atoms with Gasteiger partial charge in [-0.1, -0.05) is 54.6 Å². The molecule has 0 radical (unpaired) electrons. The molecule has 2 atom stereocenters. The van der Waals surface area contributed by atoms with Crippen molar-refractivity contribution in [3.8, 4) is 5.75 Å². The maximum absolute atomic E-state index is 12.6. The lowest BCUT2D eigenvalue weighted by Crippen LogP contribution is -2.61. The molecule has 148 valence electrons. The molecular weight excluding hydrogens is 414 g/mol. The van der Waals surface area contributed by atoms with Crippen molar-refractivity contribution in [2.45, 2.75) is 18.3 Å². The number of rotatable bonds is 2. The van der Waals surface area contributed by atoms with Crippen LogP contribution in [-0.4, -0.2) is 21.8 Å². The molecule has 3 aliphatic heterocycles. The lowest BCUT2D eigenvalue weighted by atomic mass is 9.96. The number of amides is 1. The van der Waals surface area contributed by atoms with E-state index in [4.69, 9.17) is 9.84 Å². The van der Waals surface area contributed by atoms with Crippen molar-refractivity contribution in [1.29, 1.82) is 0 Å². The number of carbonyl (C=O) groups is 1. The van der Waals surface area contributed by atoms with Crippen molar-refractivity contribution in [1.82, 2.24) is 10.3 Å². The van der Waals surface area contributed by atoms with Gasteiger partial charge in [0.1, 0.15) is 5.75 Å². The van der Waals surface area contributed by atoms with E-state index in [-0.39, 0.29) is 11.3 Å². The monoisotopic (exact) mass is 431 g/mol. The Balaban J connectivity index is 1.53. The van der Waals surface area contributed by atoms with Crippen LogP contribution in [0.1, 0.15) is 28.5 Å². The molecular formula is C23H17N3O2S2. The number of fused-ring (bicyclic) bond motifs is 4. The minimum atomic E-state index is -1.14. The fraction of sp³-hybridized carbons (Fsp3) is 0.130. The second kappa shape index (κ2) is 6.75. The van der Waals surface area contributed by atoms with Gasteiger partial charge in [-0.15, -0.1) is 11.3 Å². The molecule has 1 aromatic heterocycles. The van der Waals surface area contributed by atoms with Crippen LogP contribution in [0.5, 0.6) is 5.75 Å². The molecule has 0 saturated carbocycles. The lowest BCUT2D eigenvalue weighted by Gasteiger charge is -2.45. The van der Waals surface area contributed by atoms with Gasteiger partial charge in [-0.05, 0) is 40.9 Å². The molecule has 1 saturated heterocycles. The third-order valence-corrected chi connectivity index (χ3v) is 7.22. The third kappa shape index (κ3) is 2.69. The number of nitrogens with one attached hydrogen (secondary N) is 1. The zero-order valence-electron chi connectivity index (χ0n) is 15.8. The van der Waals surface area contributed by atoms with E-state index in [0.717, 1.165) is 38.8 Å². The molecule has 3 aromatic rings. The van der Waals surface area contributed by atoms with Gasteiger partial charge in [-0.25, -0.2) is 5.01 Å². The number of hydrogen-bond acceptors (Lipinski definition) is 6. The van der Waals surface area contributed by atoms with E-state index in [1.165, 1.54) is 11.8 Å². The van der Waals surface area contributed by atoms with E-state index in [1.807, 2.05) is 65.0 Å². The van der Waals surface area contributed by atoms with Crippen LogP contribution in [-0.2, 0) is 0 Å². The molecule has 6 rings (SSSR count). The number of thioether (sulfide) groups is 1. The molecule has 1 amide bonds. The van der Waals surface area contributed by atoms with Crippen LogP contribution in [0.2, 0.25) is 0 Å². The molecule has 7 heteroatoms. The van der Waals surface area contributed by atoms with Gasteiger partial charge in [0.25, 0.3) is 5.24 Å². The molecule has 2 unspecified atom stereocenters. The molecule has 0 bridgehead atoms. The Morgan fingerprint density at radius 3 is 2.77 bits per heavy atom. The standard InChI is InChI=1S/C23H17N3O2S2/c27-22-24-23(21(30-22)13-16-9-6-12-29-16)26-19(17-10-4-5-11-20(17)28-23)14-18(25-26)15-7-2-1-3-8-15/h1-13,19H,14H2,(H,24,27). The number of thiophene rings is 1. The Labute approximate surface area is 182 Å². The molecule has 30 heavy (non-hydrogen) atoms. The maximum Gasteiger partial charge on any atom is 0.314 e. The number of hydrogen-bond donors (Lipinski definition) is 1. The van der Waals surface area contributed by atoms with Crippen LogP contribution < -0.4 is 10.1 Å². The number of benzene rings is 2. The van der Waals surface area contributed by atoms with Crippen molar-refractivity contribution in [2.24, 2.45) is 5.10 Å². The first-order valence-corrected chi connectivity index (χ1v) is 11.4. The fourth-order valence-corrected chi connectivity index (χ4v) is 5.80. The van der Waals surface area contributed by atoms with Gasteiger partial charge in [0.05, 0.1) is 16.7 Å². The Morgan fingerprint density at radius 2 is 1.93 bits per heavy atom. The van der Waals surface area contributed by atoms with Gasteiger partial charge in [-0.3, -0.25) is 10.1 Å². The second-order valence-corrected chi connectivity index (χ2v) is 9.29. The van der Waals surface area contributed by atoms with Gasteiger partial charge >= 0.3 is 5.85 Å². The Morgan fingerprint density at radius 1 is 1.10 bits per heavy atom. The number of ether oxygens (including phenoxy) is 1. The third-order valence-electron chi connectivity index (χ3n) is 5.50. The van der Waals surface area contributed by atoms with Crippen molar-refractivity contribution in [3.05, 3.63) is 93.0 Å². The van der Waals surface area contributed by atoms with Crippen LogP contribution >= 0.6 is 23.1 Å². The topological polar surface area (TPSA) is 53.9 Å². The minimum Gasteiger partial charge on any atom is -0.444 e. The molecule has 0 aliphatic carbocycles. The van der Waals surface area contributed by atoms with E-state index in [0.29, 0.717) is 0 Å². The van der Waals surface area contributed by atoms with E-state index < -0.39 is 5.85 Å². The first-order valence-electron chi connectivity index (χ1n) is 9.69. The summed E-state index contributed by atoms with van der Waals surface area (Å²) in [6.45, 7) is 0. The number of para-hydroxylation sites is 1. The fourth-order valence-electron chi connectivity index (χ4n) is 4.17. The highest BCUT2D eigenvalue weighted by molar-refractivity contribution is 8.17. The SMILES string of the molecule is O=C1NC2(Oc3ccccc3C3CC(c4ccccc4)=NN32)C(=Cc2cccs2)S1. The molecule has 1 N–H and O–H groups in total. The van der Waals surface area contributed by atoms with E-state index in [9.17, 15) is 4.79 Å². The Kier molecular flexibility index (Phi) is 4.01. The summed E-state index contributed by atoms with van der Waals surface area (Å²) >= 11 is 2.80. The zero-order valence-corrected chi connectivity index (χ0v) is 17.5. The number of hydrazone groups is 1. The average Bonchev–Trinajstić information content (AvgIpc) is 3.50. The van der Waals surface area contributed by atoms with Gasteiger partial charge in [0.2, 0.25) is 0 Å². The predicted octanol–water partition coefficient (Wildman–Crippen LogP) is 5.44. The van der Waals surface area contributed by atoms with Gasteiger partial charge in [-0.2, -0.15) is 5.10 Å². The highest BCUT2D eigenvalue weighted by Crippen LogP contribution is 2.52. The minimum absolute atomic E-state index is 0.0177. The second-order valence-electron chi connectivity index (χ2n) is 7.30. The van der Waals surface area contributed by atoms with Gasteiger partial charge in [0, 0.05) is 16.9 Å². The lowest BCUT2D eigenvalue weighted by molar-refractivity contribution is -0.0949. The summed E-state index contributed by atoms with van der Waals surface area (Å²) in [4.78, 5) is 14.4. The maximum atomic E-state index is 12.6. The van der Waals surface area contributed by atoms with Gasteiger partial charge in [0.15, 0.2) is 0 Å². The van der Waals surface area contributed by atoms with Crippen LogP contribution in [0.4, 0.5) is 4.79 Å². The zero-order chi connectivity index (χ0) is 20.1. The van der Waals surface area contributed by atoms with Crippen LogP contribution in [0.3, 0.4) is 0 Å².